The van der Waals surface area contributed by atoms with Gasteiger partial charge in [-0.05, 0) is 31.0 Å². The number of carbonyl (C=O) groups is 2. The first kappa shape index (κ1) is 18.1. The van der Waals surface area contributed by atoms with Gasteiger partial charge in [-0.25, -0.2) is 0 Å². The van der Waals surface area contributed by atoms with Crippen LogP contribution in [0.2, 0.25) is 0 Å². The molecule has 0 bridgehead atoms. The van der Waals surface area contributed by atoms with Crippen molar-refractivity contribution in [1.82, 2.24) is 15.5 Å². The summed E-state index contributed by atoms with van der Waals surface area (Å²) in [5.41, 5.74) is 0. The smallest absolute Gasteiger partial charge is 0.240 e. The van der Waals surface area contributed by atoms with E-state index >= 15 is 0 Å². The minimum atomic E-state index is -0.127. The van der Waals surface area contributed by atoms with E-state index < -0.39 is 0 Å². The lowest BCUT2D eigenvalue weighted by atomic mass is 10.0. The molecule has 0 radical (unpaired) electrons. The fourth-order valence-corrected chi connectivity index (χ4v) is 4.13. The molecule has 136 valence electrons. The Morgan fingerprint density at radius 1 is 1.32 bits per heavy atom. The van der Waals surface area contributed by atoms with Crippen LogP contribution in [0.5, 0.6) is 5.75 Å². The standard InChI is InChI=1S/C18H25N3O3S/c22-17(19-6-8-24-15-4-2-1-3-5-15)11-14-10-16(20-12-14)18(23)21-7-9-25-13-21/h1-5,14,16,20H,6-13H2,(H,19,22)/t14?,16-/m0/s1. The highest BCUT2D eigenvalue weighted by molar-refractivity contribution is 7.99. The second-order valence-electron chi connectivity index (χ2n) is 6.42. The van der Waals surface area contributed by atoms with E-state index in [1.807, 2.05) is 35.2 Å². The van der Waals surface area contributed by atoms with Crippen molar-refractivity contribution in [3.63, 3.8) is 0 Å². The third-order valence-electron chi connectivity index (χ3n) is 4.49. The van der Waals surface area contributed by atoms with Crippen LogP contribution in [-0.2, 0) is 9.59 Å². The van der Waals surface area contributed by atoms with E-state index in [2.05, 4.69) is 10.6 Å². The maximum absolute atomic E-state index is 12.4. The molecule has 0 aromatic heterocycles. The molecule has 1 unspecified atom stereocenters. The van der Waals surface area contributed by atoms with Crippen LogP contribution in [0, 0.1) is 5.92 Å². The summed E-state index contributed by atoms with van der Waals surface area (Å²) in [5, 5.41) is 6.16. The molecule has 2 fully saturated rings. The minimum absolute atomic E-state index is 0.0216. The quantitative estimate of drug-likeness (QED) is 0.710. The van der Waals surface area contributed by atoms with E-state index in [4.69, 9.17) is 4.74 Å². The number of hydrogen-bond acceptors (Lipinski definition) is 5. The summed E-state index contributed by atoms with van der Waals surface area (Å²) in [4.78, 5) is 26.3. The van der Waals surface area contributed by atoms with Crippen molar-refractivity contribution in [3.8, 4) is 5.75 Å². The van der Waals surface area contributed by atoms with Gasteiger partial charge in [-0.15, -0.1) is 11.8 Å². The van der Waals surface area contributed by atoms with Crippen LogP contribution in [0.3, 0.4) is 0 Å². The largest absolute Gasteiger partial charge is 0.492 e. The zero-order valence-electron chi connectivity index (χ0n) is 14.3. The van der Waals surface area contributed by atoms with Crippen LogP contribution in [-0.4, -0.2) is 60.6 Å². The molecule has 0 spiro atoms. The number of nitrogens with one attached hydrogen (secondary N) is 2. The summed E-state index contributed by atoms with van der Waals surface area (Å²) in [5.74, 6) is 3.05. The lowest BCUT2D eigenvalue weighted by Gasteiger charge is -2.19. The number of benzene rings is 1. The van der Waals surface area contributed by atoms with E-state index in [9.17, 15) is 9.59 Å². The third kappa shape index (κ3) is 5.37. The van der Waals surface area contributed by atoms with Crippen molar-refractivity contribution < 1.29 is 14.3 Å². The predicted molar refractivity (Wildman–Crippen MR) is 98.5 cm³/mol. The van der Waals surface area contributed by atoms with Gasteiger partial charge in [-0.2, -0.15) is 0 Å². The molecule has 2 amide bonds. The normalized spacial score (nSPS) is 22.8. The monoisotopic (exact) mass is 363 g/mol. The Morgan fingerprint density at radius 3 is 2.92 bits per heavy atom. The average Bonchev–Trinajstić information content (AvgIpc) is 3.31. The molecule has 2 saturated heterocycles. The van der Waals surface area contributed by atoms with Crippen molar-refractivity contribution in [1.29, 1.82) is 0 Å². The lowest BCUT2D eigenvalue weighted by molar-refractivity contribution is -0.131. The van der Waals surface area contributed by atoms with Gasteiger partial charge < -0.3 is 20.3 Å². The number of rotatable bonds is 7. The highest BCUT2D eigenvalue weighted by Crippen LogP contribution is 2.22. The van der Waals surface area contributed by atoms with Gasteiger partial charge in [0.1, 0.15) is 12.4 Å². The van der Waals surface area contributed by atoms with Crippen LogP contribution < -0.4 is 15.4 Å². The van der Waals surface area contributed by atoms with Crippen molar-refractivity contribution in [2.45, 2.75) is 18.9 Å². The van der Waals surface area contributed by atoms with Crippen molar-refractivity contribution in [3.05, 3.63) is 30.3 Å². The van der Waals surface area contributed by atoms with Crippen LogP contribution in [0.25, 0.3) is 0 Å². The van der Waals surface area contributed by atoms with Crippen LogP contribution >= 0.6 is 11.8 Å². The van der Waals surface area contributed by atoms with E-state index in [0.29, 0.717) is 19.6 Å². The highest BCUT2D eigenvalue weighted by Gasteiger charge is 2.34. The summed E-state index contributed by atoms with van der Waals surface area (Å²) < 4.78 is 5.55. The van der Waals surface area contributed by atoms with Gasteiger partial charge in [0.25, 0.3) is 0 Å². The number of amides is 2. The fraction of sp³-hybridized carbons (Fsp3) is 0.556. The molecule has 3 rings (SSSR count). The van der Waals surface area contributed by atoms with Crippen LogP contribution in [0.4, 0.5) is 0 Å². The molecule has 1 aromatic rings. The van der Waals surface area contributed by atoms with E-state index in [0.717, 1.165) is 36.9 Å². The third-order valence-corrected chi connectivity index (χ3v) is 5.46. The van der Waals surface area contributed by atoms with Gasteiger partial charge >= 0.3 is 0 Å². The first-order valence-electron chi connectivity index (χ1n) is 8.77. The number of carbonyl (C=O) groups excluding carboxylic acids is 2. The molecule has 1 aromatic carbocycles. The molecular weight excluding hydrogens is 338 g/mol. The zero-order valence-corrected chi connectivity index (χ0v) is 15.1. The predicted octanol–water partition coefficient (Wildman–Crippen LogP) is 1.08. The summed E-state index contributed by atoms with van der Waals surface area (Å²) >= 11 is 1.79. The Bertz CT molecular complexity index is 578. The van der Waals surface area contributed by atoms with Gasteiger partial charge in [0.2, 0.25) is 11.8 Å². The fourth-order valence-electron chi connectivity index (χ4n) is 3.17. The zero-order chi connectivity index (χ0) is 17.5. The number of nitrogens with zero attached hydrogens (tertiary/aromatic N) is 1. The Hall–Kier alpha value is -1.73. The molecular formula is C18H25N3O3S. The number of ether oxygens (including phenoxy) is 1. The molecule has 6 nitrogen and oxygen atoms in total. The molecule has 7 heteroatoms. The Morgan fingerprint density at radius 2 is 2.16 bits per heavy atom. The maximum Gasteiger partial charge on any atom is 0.240 e. The summed E-state index contributed by atoms with van der Waals surface area (Å²) in [6.07, 6.45) is 1.20. The molecule has 0 aliphatic carbocycles. The number of hydrogen-bond donors (Lipinski definition) is 2. The number of para-hydroxylation sites is 1. The highest BCUT2D eigenvalue weighted by atomic mass is 32.2. The van der Waals surface area contributed by atoms with Crippen LogP contribution in [0.15, 0.2) is 30.3 Å². The molecule has 2 N–H and O–H groups in total. The summed E-state index contributed by atoms with van der Waals surface area (Å²) in [6, 6.07) is 9.42. The van der Waals surface area contributed by atoms with Gasteiger partial charge in [-0.3, -0.25) is 9.59 Å². The summed E-state index contributed by atoms with van der Waals surface area (Å²) in [7, 11) is 0. The first-order chi connectivity index (χ1) is 12.2. The molecule has 2 atom stereocenters. The van der Waals surface area contributed by atoms with Gasteiger partial charge in [0.05, 0.1) is 18.5 Å². The summed E-state index contributed by atoms with van der Waals surface area (Å²) in [6.45, 7) is 2.51. The number of thioether (sulfide) groups is 1. The Balaban J connectivity index is 1.31. The SMILES string of the molecule is O=C(CC1CN[C@H](C(=O)N2CCSC2)C1)NCCOc1ccccc1. The molecule has 2 heterocycles. The van der Waals surface area contributed by atoms with Crippen LogP contribution in [0.1, 0.15) is 12.8 Å². The lowest BCUT2D eigenvalue weighted by Crippen LogP contribution is -2.42. The van der Waals surface area contributed by atoms with Crippen molar-refractivity contribution in [2.75, 3.05) is 37.9 Å². The Kier molecular flexibility index (Phi) is 6.58. The molecule has 2 aliphatic rings. The maximum atomic E-state index is 12.4. The molecule has 0 saturated carbocycles. The van der Waals surface area contributed by atoms with E-state index in [-0.39, 0.29) is 23.8 Å². The van der Waals surface area contributed by atoms with Crippen molar-refractivity contribution in [2.24, 2.45) is 5.92 Å². The van der Waals surface area contributed by atoms with Gasteiger partial charge in [0, 0.05) is 18.7 Å². The minimum Gasteiger partial charge on any atom is -0.492 e. The van der Waals surface area contributed by atoms with Crippen molar-refractivity contribution >= 4 is 23.6 Å². The molecule has 25 heavy (non-hydrogen) atoms. The second-order valence-corrected chi connectivity index (χ2v) is 7.49. The Labute approximate surface area is 152 Å². The molecule has 2 aliphatic heterocycles. The second kappa shape index (κ2) is 9.10. The topological polar surface area (TPSA) is 70.7 Å². The van der Waals surface area contributed by atoms with E-state index in [1.54, 1.807) is 11.8 Å². The van der Waals surface area contributed by atoms with Gasteiger partial charge in [-0.1, -0.05) is 18.2 Å². The van der Waals surface area contributed by atoms with E-state index in [1.165, 1.54) is 0 Å². The first-order valence-corrected chi connectivity index (χ1v) is 9.92. The van der Waals surface area contributed by atoms with Gasteiger partial charge in [0.15, 0.2) is 0 Å². The average molecular weight is 363 g/mol.